The van der Waals surface area contributed by atoms with Crippen molar-refractivity contribution in [2.75, 3.05) is 0 Å². The van der Waals surface area contributed by atoms with Crippen molar-refractivity contribution in [3.8, 4) is 11.3 Å². The van der Waals surface area contributed by atoms with E-state index in [9.17, 15) is 0 Å². The van der Waals surface area contributed by atoms with E-state index in [2.05, 4.69) is 38.0 Å². The number of aromatic amines is 1. The van der Waals surface area contributed by atoms with Crippen LogP contribution in [0.2, 0.25) is 0 Å². The zero-order valence-corrected chi connectivity index (χ0v) is 11.2. The largest absolute Gasteiger partial charge is 0.305 e. The zero-order valence-electron chi connectivity index (χ0n) is 10.3. The maximum absolute atomic E-state index is 4.63. The van der Waals surface area contributed by atoms with Gasteiger partial charge in [-0.15, -0.1) is 11.3 Å². The summed E-state index contributed by atoms with van der Waals surface area (Å²) in [6, 6.07) is 12.2. The summed E-state index contributed by atoms with van der Waals surface area (Å²) < 4.78 is 0. The molecule has 0 aliphatic carbocycles. The van der Waals surface area contributed by atoms with Crippen molar-refractivity contribution in [2.45, 2.75) is 13.1 Å². The minimum Gasteiger partial charge on any atom is -0.305 e. The van der Waals surface area contributed by atoms with E-state index in [0.29, 0.717) is 0 Å². The maximum Gasteiger partial charge on any atom is 0.107 e. The van der Waals surface area contributed by atoms with Gasteiger partial charge in [-0.25, -0.2) is 4.98 Å². The van der Waals surface area contributed by atoms with Crippen LogP contribution in [0.5, 0.6) is 0 Å². The summed E-state index contributed by atoms with van der Waals surface area (Å²) in [5.74, 6) is 0. The normalized spacial score (nSPS) is 10.7. The van der Waals surface area contributed by atoms with Crippen molar-refractivity contribution in [3.63, 3.8) is 0 Å². The Hall–Kier alpha value is -1.98. The van der Waals surface area contributed by atoms with Crippen molar-refractivity contribution >= 4 is 11.3 Å². The highest BCUT2D eigenvalue weighted by Gasteiger charge is 2.03. The smallest absolute Gasteiger partial charge is 0.107 e. The van der Waals surface area contributed by atoms with Gasteiger partial charge in [0.15, 0.2) is 0 Å². The van der Waals surface area contributed by atoms with Gasteiger partial charge in [0.1, 0.15) is 5.01 Å². The number of rotatable bonds is 5. The topological polar surface area (TPSA) is 53.6 Å². The number of nitrogens with one attached hydrogen (secondary N) is 2. The number of hydrogen-bond donors (Lipinski definition) is 2. The Morgan fingerprint density at radius 2 is 2.00 bits per heavy atom. The second-order valence-electron chi connectivity index (χ2n) is 4.18. The third-order valence-electron chi connectivity index (χ3n) is 2.77. The first-order chi connectivity index (χ1) is 9.42. The Morgan fingerprint density at radius 3 is 2.79 bits per heavy atom. The molecule has 5 heteroatoms. The van der Waals surface area contributed by atoms with Crippen LogP contribution in [0.3, 0.4) is 0 Å². The molecule has 1 aromatic carbocycles. The van der Waals surface area contributed by atoms with Crippen LogP contribution in [-0.4, -0.2) is 15.2 Å². The van der Waals surface area contributed by atoms with Crippen LogP contribution in [0.1, 0.15) is 10.7 Å². The first-order valence-electron chi connectivity index (χ1n) is 6.10. The van der Waals surface area contributed by atoms with E-state index in [1.807, 2.05) is 24.3 Å². The van der Waals surface area contributed by atoms with Crippen LogP contribution >= 0.6 is 11.3 Å². The molecule has 2 N–H and O–H groups in total. The number of nitrogens with zero attached hydrogens (tertiary/aromatic N) is 2. The number of H-pyrrole nitrogens is 1. The molecule has 0 aliphatic rings. The van der Waals surface area contributed by atoms with Gasteiger partial charge in [0, 0.05) is 35.9 Å². The Balaban J connectivity index is 1.59. The van der Waals surface area contributed by atoms with Crippen molar-refractivity contribution < 1.29 is 0 Å². The molecule has 0 atom stereocenters. The predicted molar refractivity (Wildman–Crippen MR) is 76.7 cm³/mol. The second-order valence-corrected chi connectivity index (χ2v) is 5.12. The lowest BCUT2D eigenvalue weighted by Crippen LogP contribution is -2.12. The quantitative estimate of drug-likeness (QED) is 0.749. The molecule has 3 rings (SSSR count). The molecule has 2 heterocycles. The Kier molecular flexibility index (Phi) is 3.67. The van der Waals surface area contributed by atoms with Gasteiger partial charge in [0.25, 0.3) is 0 Å². The van der Waals surface area contributed by atoms with E-state index < -0.39 is 0 Å². The fraction of sp³-hybridized carbons (Fsp3) is 0.143. The Morgan fingerprint density at radius 1 is 1.11 bits per heavy atom. The highest BCUT2D eigenvalue weighted by Crippen LogP contribution is 2.21. The van der Waals surface area contributed by atoms with Gasteiger partial charge in [0.05, 0.1) is 5.69 Å². The summed E-state index contributed by atoms with van der Waals surface area (Å²) in [6.07, 6.45) is 1.76. The van der Waals surface area contributed by atoms with Crippen LogP contribution in [-0.2, 0) is 13.1 Å². The molecular weight excluding hydrogens is 256 g/mol. The lowest BCUT2D eigenvalue weighted by molar-refractivity contribution is 0.675. The lowest BCUT2D eigenvalue weighted by Gasteiger charge is -1.99. The van der Waals surface area contributed by atoms with Gasteiger partial charge in [0.2, 0.25) is 0 Å². The zero-order chi connectivity index (χ0) is 12.9. The highest BCUT2D eigenvalue weighted by molar-refractivity contribution is 7.09. The van der Waals surface area contributed by atoms with Crippen molar-refractivity contribution in [3.05, 3.63) is 58.7 Å². The Labute approximate surface area is 115 Å². The number of hydrogen-bond acceptors (Lipinski definition) is 4. The fourth-order valence-electron chi connectivity index (χ4n) is 1.82. The van der Waals surface area contributed by atoms with Crippen molar-refractivity contribution in [1.82, 2.24) is 20.5 Å². The van der Waals surface area contributed by atoms with Gasteiger partial charge in [-0.05, 0) is 6.07 Å². The lowest BCUT2D eigenvalue weighted by atomic mass is 10.2. The summed E-state index contributed by atoms with van der Waals surface area (Å²) >= 11 is 1.68. The van der Waals surface area contributed by atoms with Gasteiger partial charge in [-0.1, -0.05) is 30.3 Å². The number of aromatic nitrogens is 3. The molecule has 0 bridgehead atoms. The second kappa shape index (κ2) is 5.77. The molecule has 96 valence electrons. The van der Waals surface area contributed by atoms with E-state index in [0.717, 1.165) is 29.5 Å². The summed E-state index contributed by atoms with van der Waals surface area (Å²) in [7, 11) is 0. The number of thiazole rings is 1. The molecule has 0 saturated carbocycles. The first-order valence-corrected chi connectivity index (χ1v) is 6.98. The molecule has 19 heavy (non-hydrogen) atoms. The van der Waals surface area contributed by atoms with Crippen LogP contribution < -0.4 is 5.32 Å². The highest BCUT2D eigenvalue weighted by atomic mass is 32.1. The van der Waals surface area contributed by atoms with Gasteiger partial charge in [-0.2, -0.15) is 5.10 Å². The van der Waals surface area contributed by atoms with E-state index in [1.54, 1.807) is 17.5 Å². The maximum atomic E-state index is 4.63. The molecule has 0 amide bonds. The van der Waals surface area contributed by atoms with E-state index in [4.69, 9.17) is 0 Å². The van der Waals surface area contributed by atoms with Crippen LogP contribution in [0, 0.1) is 0 Å². The molecule has 0 fully saturated rings. The molecule has 4 nitrogen and oxygen atoms in total. The minimum atomic E-state index is 0.774. The average Bonchev–Trinajstić information content (AvgIpc) is 3.11. The molecule has 0 unspecified atom stereocenters. The van der Waals surface area contributed by atoms with E-state index in [1.165, 1.54) is 5.56 Å². The summed E-state index contributed by atoms with van der Waals surface area (Å²) in [5.41, 5.74) is 3.29. The van der Waals surface area contributed by atoms with Crippen molar-refractivity contribution in [1.29, 1.82) is 0 Å². The monoisotopic (exact) mass is 270 g/mol. The number of benzene rings is 1. The Bertz CT molecular complexity index is 616. The molecule has 0 radical (unpaired) electrons. The SMILES string of the molecule is c1ccc(-c2csc(CNCc3ccn[nH]3)n2)cc1. The molecule has 2 aromatic heterocycles. The van der Waals surface area contributed by atoms with Crippen molar-refractivity contribution in [2.24, 2.45) is 0 Å². The third-order valence-corrected chi connectivity index (χ3v) is 3.62. The molecule has 0 spiro atoms. The molecular formula is C14H14N4S. The molecule has 0 aliphatic heterocycles. The van der Waals surface area contributed by atoms with Gasteiger partial charge >= 0.3 is 0 Å². The fourth-order valence-corrected chi connectivity index (χ4v) is 2.59. The predicted octanol–water partition coefficient (Wildman–Crippen LogP) is 2.82. The van der Waals surface area contributed by atoms with Crippen LogP contribution in [0.25, 0.3) is 11.3 Å². The summed E-state index contributed by atoms with van der Waals surface area (Å²) in [5, 5.41) is 13.4. The minimum absolute atomic E-state index is 0.774. The third kappa shape index (κ3) is 3.07. The molecule has 0 saturated heterocycles. The van der Waals surface area contributed by atoms with Crippen LogP contribution in [0.4, 0.5) is 0 Å². The molecule has 3 aromatic rings. The first kappa shape index (κ1) is 12.1. The average molecular weight is 270 g/mol. The standard InChI is InChI=1S/C14H14N4S/c1-2-4-11(5-3-1)13-10-19-14(17-13)9-15-8-12-6-7-16-18-12/h1-7,10,15H,8-9H2,(H,16,18). The van der Waals surface area contributed by atoms with Gasteiger partial charge < -0.3 is 5.32 Å². The van der Waals surface area contributed by atoms with Crippen LogP contribution in [0.15, 0.2) is 48.0 Å². The van der Waals surface area contributed by atoms with Gasteiger partial charge in [-0.3, -0.25) is 5.10 Å². The van der Waals surface area contributed by atoms with E-state index in [-0.39, 0.29) is 0 Å². The summed E-state index contributed by atoms with van der Waals surface area (Å²) in [4.78, 5) is 4.63. The van der Waals surface area contributed by atoms with E-state index >= 15 is 0 Å². The summed E-state index contributed by atoms with van der Waals surface area (Å²) in [6.45, 7) is 1.55.